The number of likely N-dealkylation sites (tertiary alicyclic amines) is 2. The highest BCUT2D eigenvalue weighted by molar-refractivity contribution is 5.69. The normalized spacial score (nSPS) is 20.8. The van der Waals surface area contributed by atoms with Gasteiger partial charge in [-0.25, -0.2) is 0 Å². The smallest absolute Gasteiger partial charge is 0.416 e. The van der Waals surface area contributed by atoms with Crippen molar-refractivity contribution in [2.45, 2.75) is 159 Å². The molecule has 5 rings (SSSR count). The van der Waals surface area contributed by atoms with Gasteiger partial charge >= 0.3 is 36.6 Å². The Morgan fingerprint density at radius 2 is 0.973 bits per heavy atom. The fourth-order valence-corrected chi connectivity index (χ4v) is 10.1. The molecular weight excluding hydrogens is 1010 g/mol. The number of alkyl halides is 12. The number of carbonyl (C=O) groups is 2. The molecule has 0 aliphatic carbocycles. The van der Waals surface area contributed by atoms with Crippen molar-refractivity contribution < 1.29 is 81.6 Å². The van der Waals surface area contributed by atoms with E-state index in [0.29, 0.717) is 88.8 Å². The number of carbonyl (C=O) groups excluding carboxylic acids is 2. The highest BCUT2D eigenvalue weighted by atomic mass is 19.4. The molecule has 2 aliphatic rings. The lowest BCUT2D eigenvalue weighted by molar-refractivity contribution is -0.144. The number of nitrogens with zero attached hydrogens (tertiary/aromatic N) is 2. The van der Waals surface area contributed by atoms with Gasteiger partial charge in [0.15, 0.2) is 0 Å². The van der Waals surface area contributed by atoms with Crippen LogP contribution in [0.5, 0.6) is 0 Å². The van der Waals surface area contributed by atoms with Crippen LogP contribution < -0.4 is 0 Å². The van der Waals surface area contributed by atoms with E-state index in [1.165, 1.54) is 38.5 Å². The van der Waals surface area contributed by atoms with Crippen molar-refractivity contribution in [3.63, 3.8) is 0 Å². The standard InChI is InChI=1S/C31H39F6NO3.C24H33F6NO3/c1-22(20-41-21-23-6-4-3-5-7-23)8-13-27(14-16-30(32,33)34)38-17-15-24(19-29(39)40-2)18-28(38)25-9-11-26(12-10-25)31(35,36)37;1-16(15-32)3-8-20(9-11-23(25,26)27)31-12-10-17(14-22(33)34-2)13-21(31)18-4-6-19(7-5-18)24(28,29)30/h3-7,9-12,22,24,27-28H,8,13-21H2,1-2H3;4-7,16-17,20-21,32H,3,8-15H2,1-2H3/t22?,24-,27-,28+;16?,17-,20-,21+/m11/s1. The molecule has 2 saturated heterocycles. The second-order valence-corrected chi connectivity index (χ2v) is 20.3. The molecule has 3 aromatic carbocycles. The summed E-state index contributed by atoms with van der Waals surface area (Å²) in [5.74, 6) is -0.916. The fraction of sp³-hybridized carbons (Fsp3) is 0.636. The molecule has 1 N–H and O–H groups in total. The molecule has 0 amide bonds. The minimum absolute atomic E-state index is 0.0739. The Labute approximate surface area is 432 Å². The number of piperidine rings is 2. The molecule has 75 heavy (non-hydrogen) atoms. The van der Waals surface area contributed by atoms with Crippen molar-refractivity contribution in [3.8, 4) is 0 Å². The van der Waals surface area contributed by atoms with Crippen LogP contribution in [-0.4, -0.2) is 91.8 Å². The molecule has 422 valence electrons. The summed E-state index contributed by atoms with van der Waals surface area (Å²) in [7, 11) is 2.57. The third-order valence-electron chi connectivity index (χ3n) is 14.4. The Hall–Kier alpha value is -4.40. The van der Waals surface area contributed by atoms with Gasteiger partial charge in [0, 0.05) is 63.1 Å². The Balaban J connectivity index is 0.000000330. The summed E-state index contributed by atoms with van der Waals surface area (Å²) >= 11 is 0. The van der Waals surface area contributed by atoms with Crippen LogP contribution in [0.25, 0.3) is 0 Å². The molecule has 2 unspecified atom stereocenters. The molecule has 3 aromatic rings. The number of halogens is 12. The Bertz CT molecular complexity index is 2120. The zero-order chi connectivity index (χ0) is 55.6. The minimum atomic E-state index is -4.49. The van der Waals surface area contributed by atoms with E-state index >= 15 is 0 Å². The van der Waals surface area contributed by atoms with Gasteiger partial charge in [0.1, 0.15) is 0 Å². The average molecular weight is 1090 g/mol. The number of hydrogen-bond acceptors (Lipinski definition) is 8. The molecular formula is C55H72F12N2O6. The quantitative estimate of drug-likeness (QED) is 0.0742. The van der Waals surface area contributed by atoms with E-state index in [9.17, 15) is 67.4 Å². The first-order chi connectivity index (χ1) is 35.2. The molecule has 2 aliphatic heterocycles. The van der Waals surface area contributed by atoms with Crippen molar-refractivity contribution in [2.75, 3.05) is 40.5 Å². The van der Waals surface area contributed by atoms with Crippen molar-refractivity contribution >= 4 is 11.9 Å². The number of aliphatic hydroxyl groups is 1. The zero-order valence-corrected chi connectivity index (χ0v) is 43.0. The summed E-state index contributed by atoms with van der Waals surface area (Å²) in [6.07, 6.45) is -15.4. The molecule has 8 nitrogen and oxygen atoms in total. The van der Waals surface area contributed by atoms with Crippen LogP contribution in [-0.2, 0) is 42.8 Å². The number of benzene rings is 3. The monoisotopic (exact) mass is 1080 g/mol. The summed E-state index contributed by atoms with van der Waals surface area (Å²) < 4.78 is 173. The molecule has 20 heteroatoms. The van der Waals surface area contributed by atoms with Gasteiger partial charge in [-0.15, -0.1) is 0 Å². The Kier molecular flexibility index (Phi) is 24.7. The van der Waals surface area contributed by atoms with Crippen LogP contribution in [0, 0.1) is 23.7 Å². The second kappa shape index (κ2) is 29.4. The first kappa shape index (κ1) is 63.1. The lowest BCUT2D eigenvalue weighted by Crippen LogP contribution is -2.44. The van der Waals surface area contributed by atoms with Gasteiger partial charge in [0.2, 0.25) is 0 Å². The van der Waals surface area contributed by atoms with Gasteiger partial charge in [-0.05, 0) is 142 Å². The van der Waals surface area contributed by atoms with Crippen LogP contribution in [0.4, 0.5) is 52.7 Å². The maximum atomic E-state index is 13.3. The van der Waals surface area contributed by atoms with Crippen LogP contribution in [0.2, 0.25) is 0 Å². The predicted molar refractivity (Wildman–Crippen MR) is 259 cm³/mol. The highest BCUT2D eigenvalue weighted by Gasteiger charge is 2.40. The summed E-state index contributed by atoms with van der Waals surface area (Å²) in [4.78, 5) is 27.7. The largest absolute Gasteiger partial charge is 0.469 e. The number of aliphatic hydroxyl groups excluding tert-OH is 1. The van der Waals surface area contributed by atoms with Gasteiger partial charge in [-0.3, -0.25) is 19.4 Å². The van der Waals surface area contributed by atoms with Crippen LogP contribution in [0.1, 0.15) is 144 Å². The van der Waals surface area contributed by atoms with E-state index in [-0.39, 0.29) is 61.9 Å². The van der Waals surface area contributed by atoms with E-state index in [1.54, 1.807) is 0 Å². The topological polar surface area (TPSA) is 88.5 Å². The molecule has 2 fully saturated rings. The number of rotatable bonds is 23. The second-order valence-electron chi connectivity index (χ2n) is 20.3. The molecule has 0 bridgehead atoms. The van der Waals surface area contributed by atoms with Gasteiger partial charge < -0.3 is 19.3 Å². The first-order valence-corrected chi connectivity index (χ1v) is 25.5. The summed E-state index contributed by atoms with van der Waals surface area (Å²) in [6, 6.07) is 17.5. The molecule has 0 spiro atoms. The van der Waals surface area contributed by atoms with Gasteiger partial charge in [-0.2, -0.15) is 52.7 Å². The van der Waals surface area contributed by atoms with Crippen molar-refractivity contribution in [2.24, 2.45) is 23.7 Å². The first-order valence-electron chi connectivity index (χ1n) is 25.5. The van der Waals surface area contributed by atoms with E-state index in [2.05, 4.69) is 0 Å². The van der Waals surface area contributed by atoms with E-state index in [0.717, 1.165) is 29.8 Å². The molecule has 0 saturated carbocycles. The lowest BCUT2D eigenvalue weighted by atomic mass is 9.83. The lowest BCUT2D eigenvalue weighted by Gasteiger charge is -2.44. The van der Waals surface area contributed by atoms with Crippen molar-refractivity contribution in [3.05, 3.63) is 107 Å². The molecule has 2 heterocycles. The highest BCUT2D eigenvalue weighted by Crippen LogP contribution is 2.43. The van der Waals surface area contributed by atoms with E-state index in [4.69, 9.17) is 14.2 Å². The Morgan fingerprint density at radius 3 is 1.33 bits per heavy atom. The molecule has 8 atom stereocenters. The van der Waals surface area contributed by atoms with Crippen molar-refractivity contribution in [1.29, 1.82) is 0 Å². The van der Waals surface area contributed by atoms with Gasteiger partial charge in [0.25, 0.3) is 0 Å². The van der Waals surface area contributed by atoms with E-state index < -0.39 is 78.8 Å². The number of hydrogen-bond donors (Lipinski definition) is 1. The summed E-state index contributed by atoms with van der Waals surface area (Å²) in [6.45, 7) is 5.52. The third-order valence-corrected chi connectivity index (χ3v) is 14.4. The molecule has 0 aromatic heterocycles. The predicted octanol–water partition coefficient (Wildman–Crippen LogP) is 14.5. The van der Waals surface area contributed by atoms with Crippen molar-refractivity contribution in [1.82, 2.24) is 9.80 Å². The van der Waals surface area contributed by atoms with Crippen LogP contribution in [0.3, 0.4) is 0 Å². The van der Waals surface area contributed by atoms with Crippen LogP contribution in [0.15, 0.2) is 78.9 Å². The van der Waals surface area contributed by atoms with E-state index in [1.807, 2.05) is 54.0 Å². The average Bonchev–Trinajstić information content (AvgIpc) is 3.36. The number of methoxy groups -OCH3 is 2. The van der Waals surface area contributed by atoms with Gasteiger partial charge in [-0.1, -0.05) is 68.4 Å². The zero-order valence-electron chi connectivity index (χ0n) is 43.0. The SMILES string of the molecule is COC(=O)C[C@@H]1CCN([C@H](CCC(C)CO)CCC(F)(F)F)[C@H](c2ccc(C(F)(F)F)cc2)C1.COC(=O)C[C@@H]1CCN([C@H](CCC(C)COCc2ccccc2)CCC(F)(F)F)[C@H](c2ccc(C(F)(F)F)cc2)C1. The third kappa shape index (κ3) is 22.2. The number of ether oxygens (including phenoxy) is 3. The summed E-state index contributed by atoms with van der Waals surface area (Å²) in [5, 5.41) is 9.35. The van der Waals surface area contributed by atoms with Crippen LogP contribution >= 0.6 is 0 Å². The fourth-order valence-electron chi connectivity index (χ4n) is 10.1. The maximum Gasteiger partial charge on any atom is 0.416 e. The Morgan fingerprint density at radius 1 is 0.573 bits per heavy atom. The maximum absolute atomic E-state index is 13.3. The minimum Gasteiger partial charge on any atom is -0.469 e. The summed E-state index contributed by atoms with van der Waals surface area (Å²) in [5.41, 5.74) is 0.637. The molecule has 0 radical (unpaired) electrons. The van der Waals surface area contributed by atoms with Gasteiger partial charge in [0.05, 0.1) is 32.0 Å². The number of esters is 2.